The Kier molecular flexibility index (Phi) is 1.02. The lowest BCUT2D eigenvalue weighted by Gasteiger charge is -2.37. The Balaban J connectivity index is 2.03. The molecule has 3 aliphatic rings. The number of hydrogen-bond donors (Lipinski definition) is 2. The summed E-state index contributed by atoms with van der Waals surface area (Å²) in [5.41, 5.74) is 0. The van der Waals surface area contributed by atoms with Crippen LogP contribution in [0.1, 0.15) is 12.8 Å². The molecule has 0 saturated carbocycles. The van der Waals surface area contributed by atoms with Crippen molar-refractivity contribution >= 4 is 0 Å². The Bertz CT molecular complexity index is 61.5. The van der Waals surface area contributed by atoms with Gasteiger partial charge in [-0.05, 0) is 12.8 Å². The summed E-state index contributed by atoms with van der Waals surface area (Å²) in [4.78, 5) is 0. The van der Waals surface area contributed by atoms with Crippen molar-refractivity contribution in [1.29, 1.82) is 0 Å². The van der Waals surface area contributed by atoms with Crippen LogP contribution < -0.4 is 10.6 Å². The van der Waals surface area contributed by atoms with E-state index in [1.807, 2.05) is 0 Å². The van der Waals surface area contributed by atoms with Crippen LogP contribution in [0.3, 0.4) is 0 Å². The summed E-state index contributed by atoms with van der Waals surface area (Å²) in [6.07, 6.45) is 2.77. The molecule has 46 valence electrons. The summed E-state index contributed by atoms with van der Waals surface area (Å²) in [5, 5.41) is 6.91. The zero-order valence-corrected chi connectivity index (χ0v) is 4.98. The first kappa shape index (κ1) is 4.77. The van der Waals surface area contributed by atoms with E-state index in [1.165, 1.54) is 25.9 Å². The van der Waals surface area contributed by atoms with Crippen LogP contribution in [-0.2, 0) is 0 Å². The van der Waals surface area contributed by atoms with Crippen LogP contribution in [-0.4, -0.2) is 25.2 Å². The van der Waals surface area contributed by atoms with E-state index in [0.717, 1.165) is 12.1 Å². The average molecular weight is 112 g/mol. The molecule has 3 saturated heterocycles. The van der Waals surface area contributed by atoms with Gasteiger partial charge in [-0.2, -0.15) is 0 Å². The predicted molar refractivity (Wildman–Crippen MR) is 32.8 cm³/mol. The maximum absolute atomic E-state index is 3.46. The van der Waals surface area contributed by atoms with Gasteiger partial charge in [0.15, 0.2) is 0 Å². The van der Waals surface area contributed by atoms with Crippen molar-refractivity contribution < 1.29 is 0 Å². The first-order valence-corrected chi connectivity index (χ1v) is 3.42. The van der Waals surface area contributed by atoms with Gasteiger partial charge in [-0.15, -0.1) is 0 Å². The van der Waals surface area contributed by atoms with E-state index in [2.05, 4.69) is 10.6 Å². The van der Waals surface area contributed by atoms with Crippen molar-refractivity contribution in [2.45, 2.75) is 24.9 Å². The highest BCUT2D eigenvalue weighted by molar-refractivity contribution is 4.89. The van der Waals surface area contributed by atoms with Crippen molar-refractivity contribution in [3.05, 3.63) is 0 Å². The minimum atomic E-state index is 0.792. The van der Waals surface area contributed by atoms with Crippen LogP contribution in [0.2, 0.25) is 0 Å². The minimum Gasteiger partial charge on any atom is -0.311 e. The lowest BCUT2D eigenvalue weighted by atomic mass is 9.96. The second kappa shape index (κ2) is 1.71. The van der Waals surface area contributed by atoms with Gasteiger partial charge in [-0.25, -0.2) is 0 Å². The summed E-state index contributed by atoms with van der Waals surface area (Å²) < 4.78 is 0. The number of nitrogens with one attached hydrogen (secondary N) is 2. The van der Waals surface area contributed by atoms with Crippen molar-refractivity contribution in [3.63, 3.8) is 0 Å². The SMILES string of the molecule is C1CC2CNC1CN2. The number of hydrogen-bond acceptors (Lipinski definition) is 2. The van der Waals surface area contributed by atoms with E-state index < -0.39 is 0 Å². The van der Waals surface area contributed by atoms with E-state index in [4.69, 9.17) is 0 Å². The van der Waals surface area contributed by atoms with Gasteiger partial charge in [-0.3, -0.25) is 0 Å². The lowest BCUT2D eigenvalue weighted by molar-refractivity contribution is 0.251. The van der Waals surface area contributed by atoms with Crippen molar-refractivity contribution in [2.24, 2.45) is 0 Å². The second-order valence-corrected chi connectivity index (χ2v) is 2.79. The molecule has 0 aromatic carbocycles. The molecular formula is C6H12N2. The Morgan fingerprint density at radius 1 is 0.875 bits per heavy atom. The van der Waals surface area contributed by atoms with Gasteiger partial charge in [-0.1, -0.05) is 0 Å². The molecule has 3 fully saturated rings. The van der Waals surface area contributed by atoms with Crippen LogP contribution in [0.15, 0.2) is 0 Å². The third-order valence-electron chi connectivity index (χ3n) is 2.17. The molecule has 2 N–H and O–H groups in total. The van der Waals surface area contributed by atoms with Crippen molar-refractivity contribution in [1.82, 2.24) is 10.6 Å². The fourth-order valence-electron chi connectivity index (χ4n) is 1.57. The standard InChI is InChI=1S/C6H12N2/c1-2-6-4-7-5(1)3-8-6/h5-8H,1-4H2. The van der Waals surface area contributed by atoms with E-state index in [1.54, 1.807) is 0 Å². The highest BCUT2D eigenvalue weighted by Crippen LogP contribution is 2.12. The van der Waals surface area contributed by atoms with Crippen LogP contribution in [0, 0.1) is 0 Å². The van der Waals surface area contributed by atoms with Gasteiger partial charge < -0.3 is 10.6 Å². The first-order valence-electron chi connectivity index (χ1n) is 3.42. The molecular weight excluding hydrogens is 100 g/mol. The molecule has 0 aromatic rings. The molecule has 0 aromatic heterocycles. The number of rotatable bonds is 0. The smallest absolute Gasteiger partial charge is 0.0193 e. The number of piperazine rings is 1. The molecule has 0 aliphatic carbocycles. The number of piperidine rings is 2. The maximum Gasteiger partial charge on any atom is 0.0193 e. The molecule has 3 heterocycles. The topological polar surface area (TPSA) is 24.1 Å². The summed E-state index contributed by atoms with van der Waals surface area (Å²) in [6.45, 7) is 2.40. The van der Waals surface area contributed by atoms with Crippen LogP contribution in [0.25, 0.3) is 0 Å². The van der Waals surface area contributed by atoms with Gasteiger partial charge in [0.2, 0.25) is 0 Å². The van der Waals surface area contributed by atoms with Gasteiger partial charge in [0, 0.05) is 25.2 Å². The lowest BCUT2D eigenvalue weighted by Crippen LogP contribution is -2.58. The molecule has 3 rings (SSSR count). The predicted octanol–water partition coefficient (Wildman–Crippen LogP) is -0.290. The van der Waals surface area contributed by atoms with Gasteiger partial charge in [0.05, 0.1) is 0 Å². The van der Waals surface area contributed by atoms with Gasteiger partial charge in [0.25, 0.3) is 0 Å². The second-order valence-electron chi connectivity index (χ2n) is 2.79. The number of fused-ring (bicyclic) bond motifs is 3. The molecule has 3 aliphatic heterocycles. The Morgan fingerprint density at radius 2 is 1.38 bits per heavy atom. The third kappa shape index (κ3) is 0.644. The molecule has 2 nitrogen and oxygen atoms in total. The van der Waals surface area contributed by atoms with Crippen LogP contribution in [0.4, 0.5) is 0 Å². The highest BCUT2D eigenvalue weighted by atomic mass is 15.1. The van der Waals surface area contributed by atoms with Crippen LogP contribution >= 0.6 is 0 Å². The molecule has 2 unspecified atom stereocenters. The van der Waals surface area contributed by atoms with Gasteiger partial charge in [0.1, 0.15) is 0 Å². The average Bonchev–Trinajstić information content (AvgIpc) is 1.92. The van der Waals surface area contributed by atoms with E-state index in [-0.39, 0.29) is 0 Å². The minimum absolute atomic E-state index is 0.792. The Hall–Kier alpha value is -0.0800. The first-order chi connectivity index (χ1) is 3.95. The fraction of sp³-hybridized carbons (Fsp3) is 1.00. The van der Waals surface area contributed by atoms with E-state index >= 15 is 0 Å². The molecule has 0 radical (unpaired) electrons. The summed E-state index contributed by atoms with van der Waals surface area (Å²) in [6, 6.07) is 1.58. The summed E-state index contributed by atoms with van der Waals surface area (Å²) in [5.74, 6) is 0. The third-order valence-corrected chi connectivity index (χ3v) is 2.17. The maximum atomic E-state index is 3.46. The zero-order chi connectivity index (χ0) is 5.40. The molecule has 2 bridgehead atoms. The Morgan fingerprint density at radius 3 is 1.50 bits per heavy atom. The molecule has 0 spiro atoms. The summed E-state index contributed by atoms with van der Waals surface area (Å²) in [7, 11) is 0. The quantitative estimate of drug-likeness (QED) is 0.450. The van der Waals surface area contributed by atoms with Crippen molar-refractivity contribution in [2.75, 3.05) is 13.1 Å². The monoisotopic (exact) mass is 112 g/mol. The van der Waals surface area contributed by atoms with Crippen LogP contribution in [0.5, 0.6) is 0 Å². The fourth-order valence-corrected chi connectivity index (χ4v) is 1.57. The highest BCUT2D eigenvalue weighted by Gasteiger charge is 2.25. The molecule has 0 amide bonds. The normalized spacial score (nSPS) is 45.0. The molecule has 2 heteroatoms. The molecule has 2 atom stereocenters. The molecule has 8 heavy (non-hydrogen) atoms. The van der Waals surface area contributed by atoms with Gasteiger partial charge >= 0.3 is 0 Å². The summed E-state index contributed by atoms with van der Waals surface area (Å²) >= 11 is 0. The largest absolute Gasteiger partial charge is 0.311 e. The Labute approximate surface area is 49.7 Å². The van der Waals surface area contributed by atoms with Crippen molar-refractivity contribution in [3.8, 4) is 0 Å². The van der Waals surface area contributed by atoms with E-state index in [0.29, 0.717) is 0 Å². The van der Waals surface area contributed by atoms with E-state index in [9.17, 15) is 0 Å². The zero-order valence-electron chi connectivity index (χ0n) is 4.98.